The molecule has 0 aliphatic carbocycles. The molecule has 2 aliphatic heterocycles. The van der Waals surface area contributed by atoms with E-state index in [0.29, 0.717) is 33.3 Å². The topological polar surface area (TPSA) is 58.1 Å². The third-order valence-corrected chi connectivity index (χ3v) is 7.34. The van der Waals surface area contributed by atoms with Gasteiger partial charge in [0.2, 0.25) is 0 Å². The SMILES string of the molecule is CN1C2CCC1CC(Sc1ccc3[nH]c(=O)n(C)c(=O)c3c1Cl)C2. The van der Waals surface area contributed by atoms with E-state index >= 15 is 0 Å². The molecule has 0 radical (unpaired) electrons. The molecule has 3 heterocycles. The zero-order valence-corrected chi connectivity index (χ0v) is 15.3. The molecule has 2 saturated heterocycles. The van der Waals surface area contributed by atoms with Crippen molar-refractivity contribution in [3.05, 3.63) is 38.0 Å². The summed E-state index contributed by atoms with van der Waals surface area (Å²) in [6, 6.07) is 5.05. The standard InChI is InChI=1S/C17H20ClN3O2S/c1-20-9-3-4-10(20)8-11(7-9)24-13-6-5-12-14(15(13)18)16(22)21(2)17(23)19-12/h5-6,9-11H,3-4,7-8H2,1-2H3,(H,19,23). The van der Waals surface area contributed by atoms with Crippen LogP contribution < -0.4 is 11.2 Å². The van der Waals surface area contributed by atoms with Crippen molar-refractivity contribution in [3.8, 4) is 0 Å². The van der Waals surface area contributed by atoms with Gasteiger partial charge in [-0.1, -0.05) is 11.6 Å². The number of hydrogen-bond acceptors (Lipinski definition) is 4. The van der Waals surface area contributed by atoms with E-state index in [0.717, 1.165) is 22.3 Å². The molecule has 24 heavy (non-hydrogen) atoms. The Labute approximate surface area is 149 Å². The van der Waals surface area contributed by atoms with Gasteiger partial charge in [-0.25, -0.2) is 4.79 Å². The first-order chi connectivity index (χ1) is 11.5. The lowest BCUT2D eigenvalue weighted by atomic mass is 10.0. The lowest BCUT2D eigenvalue weighted by Crippen LogP contribution is -2.40. The molecule has 7 heteroatoms. The summed E-state index contributed by atoms with van der Waals surface area (Å²) in [5, 5.41) is 1.39. The highest BCUT2D eigenvalue weighted by Crippen LogP contribution is 2.43. The molecule has 4 rings (SSSR count). The molecular formula is C17H20ClN3O2S. The molecule has 1 aromatic carbocycles. The Hall–Kier alpha value is -1.24. The lowest BCUT2D eigenvalue weighted by molar-refractivity contribution is 0.183. The van der Waals surface area contributed by atoms with E-state index in [9.17, 15) is 9.59 Å². The van der Waals surface area contributed by atoms with Crippen LogP contribution in [0.5, 0.6) is 0 Å². The third-order valence-electron chi connectivity index (χ3n) is 5.52. The maximum atomic E-state index is 12.4. The Balaban J connectivity index is 1.70. The smallest absolute Gasteiger partial charge is 0.307 e. The van der Waals surface area contributed by atoms with Crippen LogP contribution in [-0.4, -0.2) is 38.8 Å². The normalized spacial score (nSPS) is 27.0. The minimum atomic E-state index is -0.420. The second kappa shape index (κ2) is 5.93. The van der Waals surface area contributed by atoms with Crippen LogP contribution in [0.15, 0.2) is 26.6 Å². The van der Waals surface area contributed by atoms with Gasteiger partial charge in [0.05, 0.1) is 15.9 Å². The average molecular weight is 366 g/mol. The Morgan fingerprint density at radius 1 is 1.17 bits per heavy atom. The van der Waals surface area contributed by atoms with Gasteiger partial charge < -0.3 is 9.88 Å². The summed E-state index contributed by atoms with van der Waals surface area (Å²) in [6.07, 6.45) is 4.89. The average Bonchev–Trinajstić information content (AvgIpc) is 2.77. The van der Waals surface area contributed by atoms with Gasteiger partial charge in [0.1, 0.15) is 0 Å². The van der Waals surface area contributed by atoms with E-state index < -0.39 is 5.69 Å². The Morgan fingerprint density at radius 3 is 2.50 bits per heavy atom. The summed E-state index contributed by atoms with van der Waals surface area (Å²) in [5.74, 6) is 0. The quantitative estimate of drug-likeness (QED) is 0.888. The number of aromatic nitrogens is 2. The molecule has 128 valence electrons. The zero-order chi connectivity index (χ0) is 17.0. The maximum absolute atomic E-state index is 12.4. The van der Waals surface area contributed by atoms with E-state index in [-0.39, 0.29) is 5.56 Å². The van der Waals surface area contributed by atoms with Gasteiger partial charge in [0.15, 0.2) is 0 Å². The number of nitrogens with one attached hydrogen (secondary N) is 1. The largest absolute Gasteiger partial charge is 0.328 e. The predicted molar refractivity (Wildman–Crippen MR) is 98.3 cm³/mol. The summed E-state index contributed by atoms with van der Waals surface area (Å²) in [7, 11) is 3.69. The third kappa shape index (κ3) is 2.52. The van der Waals surface area contributed by atoms with Crippen molar-refractivity contribution in [3.63, 3.8) is 0 Å². The Bertz CT molecular complexity index is 908. The fourth-order valence-corrected chi connectivity index (χ4v) is 5.78. The van der Waals surface area contributed by atoms with Crippen LogP contribution in [-0.2, 0) is 7.05 Å². The van der Waals surface area contributed by atoms with E-state index in [1.165, 1.54) is 19.9 Å². The van der Waals surface area contributed by atoms with Crippen LogP contribution in [0.1, 0.15) is 25.7 Å². The van der Waals surface area contributed by atoms with Crippen LogP contribution in [0, 0.1) is 0 Å². The molecule has 2 atom stereocenters. The van der Waals surface area contributed by atoms with Gasteiger partial charge in [0.25, 0.3) is 5.56 Å². The molecule has 1 aromatic heterocycles. The molecular weight excluding hydrogens is 346 g/mol. The van der Waals surface area contributed by atoms with Gasteiger partial charge in [-0.15, -0.1) is 11.8 Å². The number of fused-ring (bicyclic) bond motifs is 3. The number of hydrogen-bond donors (Lipinski definition) is 1. The molecule has 5 nitrogen and oxygen atoms in total. The number of H-pyrrole nitrogens is 1. The van der Waals surface area contributed by atoms with Crippen molar-refractivity contribution in [2.24, 2.45) is 7.05 Å². The first kappa shape index (κ1) is 16.2. The predicted octanol–water partition coefficient (Wildman–Crippen LogP) is 2.60. The van der Waals surface area contributed by atoms with Crippen molar-refractivity contribution < 1.29 is 0 Å². The molecule has 2 aliphatic rings. The number of rotatable bonds is 2. The first-order valence-electron chi connectivity index (χ1n) is 8.26. The summed E-state index contributed by atoms with van der Waals surface area (Å²) in [6.45, 7) is 0. The molecule has 1 N–H and O–H groups in total. The minimum Gasteiger partial charge on any atom is -0.307 e. The highest BCUT2D eigenvalue weighted by atomic mass is 35.5. The fraction of sp³-hybridized carbons (Fsp3) is 0.529. The van der Waals surface area contributed by atoms with Crippen LogP contribution in [0.4, 0.5) is 0 Å². The second-order valence-corrected chi connectivity index (χ2v) is 8.58. The van der Waals surface area contributed by atoms with Gasteiger partial charge in [-0.3, -0.25) is 9.36 Å². The van der Waals surface area contributed by atoms with E-state index in [1.807, 2.05) is 6.07 Å². The summed E-state index contributed by atoms with van der Waals surface area (Å²) in [5.41, 5.74) is -0.263. The van der Waals surface area contributed by atoms with E-state index in [4.69, 9.17) is 11.6 Å². The second-order valence-electron chi connectivity index (χ2n) is 6.86. The number of nitrogens with zero attached hydrogens (tertiary/aromatic N) is 2. The van der Waals surface area contributed by atoms with E-state index in [1.54, 1.807) is 17.8 Å². The lowest BCUT2D eigenvalue weighted by Gasteiger charge is -2.36. The van der Waals surface area contributed by atoms with Crippen LogP contribution >= 0.6 is 23.4 Å². The summed E-state index contributed by atoms with van der Waals surface area (Å²) in [4.78, 5) is 30.3. The molecule has 0 spiro atoms. The van der Waals surface area contributed by atoms with Gasteiger partial charge in [0, 0.05) is 29.3 Å². The van der Waals surface area contributed by atoms with Crippen molar-refractivity contribution in [1.82, 2.24) is 14.5 Å². The Morgan fingerprint density at radius 2 is 1.83 bits per heavy atom. The number of halogens is 1. The van der Waals surface area contributed by atoms with Crippen LogP contribution in [0.25, 0.3) is 10.9 Å². The number of aromatic amines is 1. The number of thioether (sulfide) groups is 1. The van der Waals surface area contributed by atoms with Crippen LogP contribution in [0.2, 0.25) is 5.02 Å². The molecule has 2 aromatic rings. The van der Waals surface area contributed by atoms with Crippen LogP contribution in [0.3, 0.4) is 0 Å². The molecule has 2 bridgehead atoms. The van der Waals surface area contributed by atoms with Crippen molar-refractivity contribution in [1.29, 1.82) is 0 Å². The van der Waals surface area contributed by atoms with Crippen molar-refractivity contribution in [2.45, 2.75) is 47.9 Å². The monoisotopic (exact) mass is 365 g/mol. The first-order valence-corrected chi connectivity index (χ1v) is 9.51. The number of piperidine rings is 1. The minimum absolute atomic E-state index is 0.343. The van der Waals surface area contributed by atoms with E-state index in [2.05, 4.69) is 16.9 Å². The summed E-state index contributed by atoms with van der Waals surface area (Å²) >= 11 is 8.32. The fourth-order valence-electron chi connectivity index (χ4n) is 4.06. The van der Waals surface area contributed by atoms with Gasteiger partial charge >= 0.3 is 5.69 Å². The Kier molecular flexibility index (Phi) is 4.01. The van der Waals surface area contributed by atoms with Gasteiger partial charge in [-0.05, 0) is 44.9 Å². The number of benzene rings is 1. The molecule has 0 amide bonds. The summed E-state index contributed by atoms with van der Waals surface area (Å²) < 4.78 is 1.07. The molecule has 2 fully saturated rings. The zero-order valence-electron chi connectivity index (χ0n) is 13.7. The van der Waals surface area contributed by atoms with Gasteiger partial charge in [-0.2, -0.15) is 0 Å². The van der Waals surface area contributed by atoms with Crippen molar-refractivity contribution in [2.75, 3.05) is 7.05 Å². The molecule has 0 saturated carbocycles. The maximum Gasteiger partial charge on any atom is 0.328 e. The van der Waals surface area contributed by atoms with Crippen molar-refractivity contribution >= 4 is 34.3 Å². The molecule has 2 unspecified atom stereocenters. The highest BCUT2D eigenvalue weighted by molar-refractivity contribution is 8.00. The highest BCUT2D eigenvalue weighted by Gasteiger charge is 2.38.